The summed E-state index contributed by atoms with van der Waals surface area (Å²) in [6.45, 7) is 3.45. The molecular formula is C18H17N3O3. The van der Waals surface area contributed by atoms with Crippen LogP contribution in [0.15, 0.2) is 47.2 Å². The third-order valence-electron chi connectivity index (χ3n) is 3.65. The van der Waals surface area contributed by atoms with Gasteiger partial charge in [-0.15, -0.1) is 0 Å². The Morgan fingerprint density at radius 1 is 1.12 bits per heavy atom. The van der Waals surface area contributed by atoms with Crippen molar-refractivity contribution in [3.05, 3.63) is 53.9 Å². The molecule has 0 aliphatic carbocycles. The maximum absolute atomic E-state index is 12.5. The highest BCUT2D eigenvalue weighted by molar-refractivity contribution is 6.06. The summed E-state index contributed by atoms with van der Waals surface area (Å²) in [5.41, 5.74) is 4.05. The van der Waals surface area contributed by atoms with Crippen LogP contribution in [0.1, 0.15) is 29.8 Å². The molecule has 2 aromatic carbocycles. The van der Waals surface area contributed by atoms with Gasteiger partial charge in [0.15, 0.2) is 12.0 Å². The van der Waals surface area contributed by atoms with Gasteiger partial charge in [0.05, 0.1) is 0 Å². The third-order valence-corrected chi connectivity index (χ3v) is 3.65. The Balaban J connectivity index is 1.87. The third kappa shape index (κ3) is 3.27. The van der Waals surface area contributed by atoms with E-state index in [2.05, 4.69) is 15.6 Å². The van der Waals surface area contributed by atoms with Gasteiger partial charge in [-0.1, -0.05) is 13.0 Å². The zero-order valence-electron chi connectivity index (χ0n) is 13.4. The summed E-state index contributed by atoms with van der Waals surface area (Å²) in [6, 6.07) is 10.5. The Bertz CT molecular complexity index is 915. The van der Waals surface area contributed by atoms with Crippen molar-refractivity contribution in [2.45, 2.75) is 20.3 Å². The molecule has 3 aromatic rings. The van der Waals surface area contributed by atoms with Crippen LogP contribution in [0.3, 0.4) is 0 Å². The van der Waals surface area contributed by atoms with Crippen molar-refractivity contribution in [3.8, 4) is 0 Å². The first-order valence-corrected chi connectivity index (χ1v) is 7.62. The fraction of sp³-hybridized carbons (Fsp3) is 0.167. The van der Waals surface area contributed by atoms with Crippen LogP contribution >= 0.6 is 0 Å². The van der Waals surface area contributed by atoms with Gasteiger partial charge in [0.2, 0.25) is 5.91 Å². The van der Waals surface area contributed by atoms with Gasteiger partial charge in [-0.2, -0.15) is 0 Å². The highest BCUT2D eigenvalue weighted by Gasteiger charge is 2.11. The van der Waals surface area contributed by atoms with Crippen molar-refractivity contribution in [1.82, 2.24) is 4.98 Å². The first-order chi connectivity index (χ1) is 11.6. The van der Waals surface area contributed by atoms with Crippen LogP contribution in [0.25, 0.3) is 11.1 Å². The number of carbonyl (C=O) groups is 2. The van der Waals surface area contributed by atoms with Gasteiger partial charge in [-0.25, -0.2) is 4.98 Å². The van der Waals surface area contributed by atoms with E-state index in [1.54, 1.807) is 24.3 Å². The summed E-state index contributed by atoms with van der Waals surface area (Å²) in [6.07, 6.45) is 2.11. The smallest absolute Gasteiger partial charge is 0.255 e. The van der Waals surface area contributed by atoms with E-state index in [-0.39, 0.29) is 11.8 Å². The number of hydrogen-bond acceptors (Lipinski definition) is 4. The molecule has 24 heavy (non-hydrogen) atoms. The Kier molecular flexibility index (Phi) is 4.29. The standard InChI is InChI=1S/C18H17N3O3/c1-3-12-4-6-14(20-11(2)22)9-15(12)21-18(23)13-5-7-17-16(8-13)19-10-24-17/h4-10H,3H2,1-2H3,(H,20,22)(H,21,23). The quantitative estimate of drug-likeness (QED) is 0.768. The van der Waals surface area contributed by atoms with Crippen molar-refractivity contribution < 1.29 is 14.0 Å². The molecule has 3 rings (SSSR count). The molecule has 0 bridgehead atoms. The average molecular weight is 323 g/mol. The fourth-order valence-corrected chi connectivity index (χ4v) is 2.48. The lowest BCUT2D eigenvalue weighted by atomic mass is 10.1. The summed E-state index contributed by atoms with van der Waals surface area (Å²) >= 11 is 0. The van der Waals surface area contributed by atoms with Crippen molar-refractivity contribution in [2.24, 2.45) is 0 Å². The molecule has 0 saturated heterocycles. The number of oxazole rings is 1. The van der Waals surface area contributed by atoms with E-state index < -0.39 is 0 Å². The van der Waals surface area contributed by atoms with E-state index in [0.29, 0.717) is 28.0 Å². The van der Waals surface area contributed by atoms with E-state index in [0.717, 1.165) is 12.0 Å². The van der Waals surface area contributed by atoms with E-state index in [4.69, 9.17) is 4.42 Å². The van der Waals surface area contributed by atoms with Gasteiger partial charge in [0, 0.05) is 23.9 Å². The number of hydrogen-bond donors (Lipinski definition) is 2. The topological polar surface area (TPSA) is 84.2 Å². The lowest BCUT2D eigenvalue weighted by Gasteiger charge is -2.12. The molecule has 0 atom stereocenters. The van der Waals surface area contributed by atoms with Gasteiger partial charge in [0.1, 0.15) is 5.52 Å². The SMILES string of the molecule is CCc1ccc(NC(C)=O)cc1NC(=O)c1ccc2ocnc2c1. The van der Waals surface area contributed by atoms with Gasteiger partial charge in [-0.3, -0.25) is 9.59 Å². The molecule has 0 aliphatic heterocycles. The molecule has 0 fully saturated rings. The second-order valence-corrected chi connectivity index (χ2v) is 5.40. The van der Waals surface area contributed by atoms with Crippen LogP contribution in [0.2, 0.25) is 0 Å². The lowest BCUT2D eigenvalue weighted by molar-refractivity contribution is -0.114. The second kappa shape index (κ2) is 6.54. The van der Waals surface area contributed by atoms with E-state index in [9.17, 15) is 9.59 Å². The van der Waals surface area contributed by atoms with Gasteiger partial charge < -0.3 is 15.1 Å². The zero-order valence-corrected chi connectivity index (χ0v) is 13.4. The van der Waals surface area contributed by atoms with Crippen LogP contribution in [0, 0.1) is 0 Å². The minimum absolute atomic E-state index is 0.159. The molecule has 1 heterocycles. The number of nitrogens with one attached hydrogen (secondary N) is 2. The van der Waals surface area contributed by atoms with Gasteiger partial charge in [0.25, 0.3) is 5.91 Å². The van der Waals surface area contributed by atoms with Crippen molar-refractivity contribution in [2.75, 3.05) is 10.6 Å². The Morgan fingerprint density at radius 3 is 2.71 bits per heavy atom. The molecule has 2 amide bonds. The molecular weight excluding hydrogens is 306 g/mol. The fourth-order valence-electron chi connectivity index (χ4n) is 2.48. The first-order valence-electron chi connectivity index (χ1n) is 7.62. The maximum Gasteiger partial charge on any atom is 0.255 e. The molecule has 1 aromatic heterocycles. The molecule has 0 aliphatic rings. The van der Waals surface area contributed by atoms with Crippen LogP contribution in [0.4, 0.5) is 11.4 Å². The van der Waals surface area contributed by atoms with Crippen molar-refractivity contribution in [3.63, 3.8) is 0 Å². The lowest BCUT2D eigenvalue weighted by Crippen LogP contribution is -2.14. The normalized spacial score (nSPS) is 10.6. The number of anilines is 2. The van der Waals surface area contributed by atoms with Crippen LogP contribution < -0.4 is 10.6 Å². The largest absolute Gasteiger partial charge is 0.443 e. The number of nitrogens with zero attached hydrogens (tertiary/aromatic N) is 1. The molecule has 0 spiro atoms. The number of aromatic nitrogens is 1. The summed E-state index contributed by atoms with van der Waals surface area (Å²) in [5, 5.41) is 5.62. The Labute approximate surface area is 138 Å². The predicted octanol–water partition coefficient (Wildman–Crippen LogP) is 3.60. The highest BCUT2D eigenvalue weighted by atomic mass is 16.3. The number of fused-ring (bicyclic) bond motifs is 1. The van der Waals surface area contributed by atoms with Crippen molar-refractivity contribution in [1.29, 1.82) is 0 Å². The molecule has 0 radical (unpaired) electrons. The van der Waals surface area contributed by atoms with E-state index in [1.165, 1.54) is 13.3 Å². The molecule has 6 nitrogen and oxygen atoms in total. The number of benzene rings is 2. The Morgan fingerprint density at radius 2 is 1.96 bits per heavy atom. The monoisotopic (exact) mass is 323 g/mol. The van der Waals surface area contributed by atoms with Crippen LogP contribution in [0.5, 0.6) is 0 Å². The number of aryl methyl sites for hydroxylation is 1. The molecule has 0 unspecified atom stereocenters. The summed E-state index contributed by atoms with van der Waals surface area (Å²) < 4.78 is 5.18. The summed E-state index contributed by atoms with van der Waals surface area (Å²) in [5.74, 6) is -0.400. The zero-order chi connectivity index (χ0) is 17.1. The minimum Gasteiger partial charge on any atom is -0.443 e. The van der Waals surface area contributed by atoms with Crippen LogP contribution in [-0.2, 0) is 11.2 Å². The summed E-state index contributed by atoms with van der Waals surface area (Å²) in [4.78, 5) is 27.8. The molecule has 0 saturated carbocycles. The number of amides is 2. The molecule has 2 N–H and O–H groups in total. The van der Waals surface area contributed by atoms with Gasteiger partial charge in [-0.05, 0) is 42.3 Å². The number of carbonyl (C=O) groups excluding carboxylic acids is 2. The first kappa shape index (κ1) is 15.7. The van der Waals surface area contributed by atoms with E-state index in [1.807, 2.05) is 19.1 Å². The second-order valence-electron chi connectivity index (χ2n) is 5.40. The number of rotatable bonds is 4. The molecule has 6 heteroatoms. The van der Waals surface area contributed by atoms with Gasteiger partial charge >= 0.3 is 0 Å². The average Bonchev–Trinajstić information content (AvgIpc) is 3.02. The van der Waals surface area contributed by atoms with Crippen molar-refractivity contribution >= 4 is 34.3 Å². The van der Waals surface area contributed by atoms with E-state index >= 15 is 0 Å². The van der Waals surface area contributed by atoms with Crippen LogP contribution in [-0.4, -0.2) is 16.8 Å². The predicted molar refractivity (Wildman–Crippen MR) is 92.1 cm³/mol. The Hall–Kier alpha value is -3.15. The molecule has 122 valence electrons. The minimum atomic E-state index is -0.241. The highest BCUT2D eigenvalue weighted by Crippen LogP contribution is 2.23. The maximum atomic E-state index is 12.5. The summed E-state index contributed by atoms with van der Waals surface area (Å²) in [7, 11) is 0.